The molecule has 0 aromatic carbocycles. The molecule has 0 N–H and O–H groups in total. The Morgan fingerprint density at radius 2 is 1.41 bits per heavy atom. The zero-order valence-electron chi connectivity index (χ0n) is 7.63. The number of halogens is 9. The Morgan fingerprint density at radius 1 is 0.941 bits per heavy atom. The second-order valence-corrected chi connectivity index (χ2v) is 4.93. The van der Waals surface area contributed by atoms with E-state index in [1.807, 2.05) is 0 Å². The Labute approximate surface area is 108 Å². The Bertz CT molecular complexity index is 364. The highest BCUT2D eigenvalue weighted by Gasteiger charge is 2.41. The van der Waals surface area contributed by atoms with Gasteiger partial charge in [0.25, 0.3) is 12.2 Å². The minimum Gasteiger partial charge on any atom is -0.204 e. The van der Waals surface area contributed by atoms with Gasteiger partial charge in [-0.1, -0.05) is 31.9 Å². The molecule has 17 heavy (non-hydrogen) atoms. The summed E-state index contributed by atoms with van der Waals surface area (Å²) in [5.74, 6) is -2.29. The predicted octanol–water partition coefficient (Wildman–Crippen LogP) is 5.52. The predicted molar refractivity (Wildman–Crippen MR) is 55.3 cm³/mol. The van der Waals surface area contributed by atoms with Crippen molar-refractivity contribution < 1.29 is 30.7 Å². The third-order valence-corrected chi connectivity index (χ3v) is 4.17. The van der Waals surface area contributed by atoms with Crippen LogP contribution in [0.2, 0.25) is 0 Å². The van der Waals surface area contributed by atoms with Gasteiger partial charge in [-0.05, 0) is 6.08 Å². The fourth-order valence-electron chi connectivity index (χ4n) is 0.800. The molecule has 0 aromatic heterocycles. The molecule has 0 aromatic rings. The molecule has 2 atom stereocenters. The highest BCUT2D eigenvalue weighted by Crippen LogP contribution is 2.42. The summed E-state index contributed by atoms with van der Waals surface area (Å²) in [6, 6.07) is 0. The molecule has 0 heterocycles. The van der Waals surface area contributed by atoms with Gasteiger partial charge in [0.15, 0.2) is 5.83 Å². The van der Waals surface area contributed by atoms with E-state index in [0.717, 1.165) is 0 Å². The highest BCUT2D eigenvalue weighted by molar-refractivity contribution is 9.12. The van der Waals surface area contributed by atoms with E-state index < -0.39 is 33.2 Å². The van der Waals surface area contributed by atoms with E-state index in [0.29, 0.717) is 0 Å². The van der Waals surface area contributed by atoms with Crippen LogP contribution >= 0.6 is 31.9 Å². The first-order valence-electron chi connectivity index (χ1n) is 3.72. The van der Waals surface area contributed by atoms with Crippen LogP contribution in [0.15, 0.2) is 36.2 Å². The molecule has 0 saturated heterocycles. The maximum atomic E-state index is 13.0. The molecule has 2 unspecified atom stereocenters. The molecule has 0 aliphatic heterocycles. The van der Waals surface area contributed by atoms with Crippen LogP contribution in [0.3, 0.4) is 0 Å². The summed E-state index contributed by atoms with van der Waals surface area (Å²) in [7, 11) is 0. The van der Waals surface area contributed by atoms with Crippen LogP contribution in [0.4, 0.5) is 30.7 Å². The van der Waals surface area contributed by atoms with Crippen molar-refractivity contribution in [3.63, 3.8) is 0 Å². The Kier molecular flexibility index (Phi) is 6.46. The van der Waals surface area contributed by atoms with Gasteiger partial charge in [0, 0.05) is 6.08 Å². The first-order chi connectivity index (χ1) is 7.61. The molecule has 0 aliphatic rings. The molecule has 0 bridgehead atoms. The van der Waals surface area contributed by atoms with E-state index in [-0.39, 0.29) is 12.2 Å². The van der Waals surface area contributed by atoms with Gasteiger partial charge in [-0.2, -0.15) is 26.3 Å². The summed E-state index contributed by atoms with van der Waals surface area (Å²) < 4.78 is 82.2. The number of allylic oxidation sites excluding steroid dienone is 3. The summed E-state index contributed by atoms with van der Waals surface area (Å²) >= 11 is 4.66. The Hall–Kier alpha value is -0.310. The van der Waals surface area contributed by atoms with Crippen LogP contribution in [0.25, 0.3) is 0 Å². The molecule has 0 nitrogen and oxygen atoms in total. The van der Waals surface area contributed by atoms with Gasteiger partial charge in [0.2, 0.25) is 0 Å². The van der Waals surface area contributed by atoms with Crippen molar-refractivity contribution in [2.45, 2.75) is 9.15 Å². The lowest BCUT2D eigenvalue weighted by atomic mass is 10.0. The zero-order chi connectivity index (χ0) is 13.8. The fraction of sp³-hybridized carbons (Fsp3) is 0.250. The molecular weight excluding hydrogens is 389 g/mol. The summed E-state index contributed by atoms with van der Waals surface area (Å²) in [5, 5.41) is 0. The lowest BCUT2D eigenvalue weighted by Gasteiger charge is -2.24. The van der Waals surface area contributed by atoms with Gasteiger partial charge in [-0.25, -0.2) is 4.39 Å². The molecule has 98 valence electrons. The van der Waals surface area contributed by atoms with Crippen molar-refractivity contribution in [3.05, 3.63) is 36.2 Å². The molecule has 0 aliphatic carbocycles. The third-order valence-electron chi connectivity index (χ3n) is 1.50. The van der Waals surface area contributed by atoms with E-state index in [2.05, 4.69) is 31.9 Å². The van der Waals surface area contributed by atoms with Gasteiger partial charge >= 0.3 is 6.08 Å². The molecule has 0 amide bonds. The number of hydrogen-bond acceptors (Lipinski definition) is 0. The first kappa shape index (κ1) is 16.7. The van der Waals surface area contributed by atoms with E-state index in [1.165, 1.54) is 0 Å². The molecule has 0 spiro atoms. The van der Waals surface area contributed by atoms with E-state index >= 15 is 0 Å². The second-order valence-electron chi connectivity index (χ2n) is 2.63. The Balaban J connectivity index is 5.65. The maximum Gasteiger partial charge on any atom is 0.303 e. The molecular formula is C8H3Br2F7. The summed E-state index contributed by atoms with van der Waals surface area (Å²) in [6.45, 7) is 0. The van der Waals surface area contributed by atoms with Crippen LogP contribution in [0.1, 0.15) is 0 Å². The van der Waals surface area contributed by atoms with Crippen LogP contribution < -0.4 is 0 Å². The molecule has 9 heteroatoms. The number of hydrogen-bond donors (Lipinski definition) is 0. The van der Waals surface area contributed by atoms with Crippen molar-refractivity contribution in [2.75, 3.05) is 0 Å². The summed E-state index contributed by atoms with van der Waals surface area (Å²) in [6.07, 6.45) is -7.96. The highest BCUT2D eigenvalue weighted by atomic mass is 79.9. The lowest BCUT2D eigenvalue weighted by Crippen LogP contribution is -2.30. The van der Waals surface area contributed by atoms with Crippen molar-refractivity contribution in [1.82, 2.24) is 0 Å². The molecule has 0 rings (SSSR count). The van der Waals surface area contributed by atoms with Crippen molar-refractivity contribution in [1.29, 1.82) is 0 Å². The average molecular weight is 392 g/mol. The topological polar surface area (TPSA) is 0 Å². The largest absolute Gasteiger partial charge is 0.303 e. The third kappa shape index (κ3) is 4.82. The number of rotatable bonds is 4. The van der Waals surface area contributed by atoms with E-state index in [9.17, 15) is 30.7 Å². The minimum absolute atomic E-state index is 0.0106. The van der Waals surface area contributed by atoms with Crippen LogP contribution in [-0.4, -0.2) is 9.15 Å². The van der Waals surface area contributed by atoms with Crippen molar-refractivity contribution in [3.8, 4) is 0 Å². The molecule has 0 fully saturated rings. The van der Waals surface area contributed by atoms with Gasteiger partial charge < -0.3 is 0 Å². The summed E-state index contributed by atoms with van der Waals surface area (Å²) in [4.78, 5) is -1.83. The number of alkyl halides is 2. The summed E-state index contributed by atoms with van der Waals surface area (Å²) in [5.41, 5.74) is 0. The molecule has 0 saturated carbocycles. The fourth-order valence-corrected chi connectivity index (χ4v) is 1.79. The lowest BCUT2D eigenvalue weighted by molar-refractivity contribution is 0.358. The van der Waals surface area contributed by atoms with Crippen LogP contribution in [0, 0.1) is 0 Å². The standard InChI is InChI=1S/C8H3Br2F7/c9-3(1-4(11)12)8(10,2-5(13)14)6(15)7(16)17/h1-3H. The average Bonchev–Trinajstić information content (AvgIpc) is 2.13. The van der Waals surface area contributed by atoms with Crippen molar-refractivity contribution in [2.24, 2.45) is 0 Å². The Morgan fingerprint density at radius 3 is 1.71 bits per heavy atom. The van der Waals surface area contributed by atoms with Gasteiger partial charge in [0.05, 0.1) is 4.83 Å². The molecule has 0 radical (unpaired) electrons. The van der Waals surface area contributed by atoms with Crippen molar-refractivity contribution >= 4 is 31.9 Å². The van der Waals surface area contributed by atoms with Gasteiger partial charge in [-0.3, -0.25) is 0 Å². The second kappa shape index (κ2) is 6.58. The van der Waals surface area contributed by atoms with E-state index in [4.69, 9.17) is 0 Å². The quantitative estimate of drug-likeness (QED) is 0.437. The SMILES string of the molecule is FC(F)=CC(Br)C(Br)(C=C(F)F)C(F)=C(F)F. The van der Waals surface area contributed by atoms with Crippen LogP contribution in [0.5, 0.6) is 0 Å². The van der Waals surface area contributed by atoms with Gasteiger partial charge in [0.1, 0.15) is 4.32 Å². The maximum absolute atomic E-state index is 13.0. The normalized spacial score (nSPS) is 15.6. The minimum atomic E-state index is -2.89. The smallest absolute Gasteiger partial charge is 0.204 e. The van der Waals surface area contributed by atoms with E-state index in [1.54, 1.807) is 0 Å². The first-order valence-corrected chi connectivity index (χ1v) is 5.43. The zero-order valence-corrected chi connectivity index (χ0v) is 10.8. The van der Waals surface area contributed by atoms with Gasteiger partial charge in [-0.15, -0.1) is 0 Å². The monoisotopic (exact) mass is 390 g/mol. The van der Waals surface area contributed by atoms with Crippen LogP contribution in [-0.2, 0) is 0 Å².